The van der Waals surface area contributed by atoms with E-state index in [4.69, 9.17) is 27.4 Å². The van der Waals surface area contributed by atoms with Gasteiger partial charge >= 0.3 is 0 Å². The maximum absolute atomic E-state index is 9.16. The molecule has 68 valence electrons. The van der Waals surface area contributed by atoms with Gasteiger partial charge in [-0.15, -0.1) is 0 Å². The Balaban J connectivity index is 3.01. The van der Waals surface area contributed by atoms with Crippen molar-refractivity contribution >= 4 is 0 Å². The van der Waals surface area contributed by atoms with Crippen molar-refractivity contribution in [2.24, 2.45) is 23.1 Å². The molecule has 1 aliphatic rings. The van der Waals surface area contributed by atoms with Gasteiger partial charge < -0.3 is 27.4 Å². The molecule has 1 rings (SSSR count). The second-order valence-corrected chi connectivity index (χ2v) is 2.91. The van der Waals surface area contributed by atoms with Crippen molar-refractivity contribution in [1.29, 1.82) is 0 Å². The molecule has 0 bridgehead atoms. The van der Waals surface area contributed by atoms with Gasteiger partial charge in [0, 0.05) is 0 Å². The van der Waals surface area contributed by atoms with Crippen molar-refractivity contribution in [2.75, 3.05) is 6.61 Å². The van der Waals surface area contributed by atoms with Crippen LogP contribution in [0.4, 0.5) is 0 Å². The molecule has 5 nitrogen and oxygen atoms in total. The summed E-state index contributed by atoms with van der Waals surface area (Å²) in [6.45, 7) is -0.284. The molecule has 5 heteroatoms. The lowest BCUT2D eigenvalue weighted by Gasteiger charge is -2.32. The number of aliphatic hydroxyl groups is 2. The Kier molecular flexibility index (Phi) is 2.10. The highest BCUT2D eigenvalue weighted by molar-refractivity contribution is 5.31. The molecule has 0 aromatic heterocycles. The summed E-state index contributed by atoms with van der Waals surface area (Å²) in [5.74, 6) is -0.705. The minimum absolute atomic E-state index is 0.0828. The summed E-state index contributed by atoms with van der Waals surface area (Å²) in [4.78, 5) is 0. The average molecular weight is 171 g/mol. The van der Waals surface area contributed by atoms with Crippen LogP contribution in [-0.2, 0) is 0 Å². The number of allylic oxidation sites excluding steroid dienone is 1. The molecule has 0 amide bonds. The SMILES string of the molecule is NC1=C(O)C=CC(N)(N)C1CO. The molecule has 1 atom stereocenters. The van der Waals surface area contributed by atoms with Gasteiger partial charge in [-0.1, -0.05) is 0 Å². The van der Waals surface area contributed by atoms with Gasteiger partial charge in [0.2, 0.25) is 0 Å². The van der Waals surface area contributed by atoms with Crippen molar-refractivity contribution in [2.45, 2.75) is 5.66 Å². The molecule has 0 radical (unpaired) electrons. The van der Waals surface area contributed by atoms with Crippen LogP contribution in [0.2, 0.25) is 0 Å². The van der Waals surface area contributed by atoms with Gasteiger partial charge in [0.1, 0.15) is 5.76 Å². The predicted octanol–water partition coefficient (Wildman–Crippen LogP) is -1.49. The van der Waals surface area contributed by atoms with E-state index in [1.54, 1.807) is 0 Å². The molecule has 0 saturated carbocycles. The maximum atomic E-state index is 9.16. The van der Waals surface area contributed by atoms with Gasteiger partial charge in [0.25, 0.3) is 0 Å². The molecule has 0 spiro atoms. The van der Waals surface area contributed by atoms with Crippen LogP contribution in [0.1, 0.15) is 0 Å². The quantitative estimate of drug-likeness (QED) is 0.308. The summed E-state index contributed by atoms with van der Waals surface area (Å²) in [5.41, 5.74) is 15.6. The zero-order valence-corrected chi connectivity index (χ0v) is 6.57. The van der Waals surface area contributed by atoms with E-state index >= 15 is 0 Å². The van der Waals surface area contributed by atoms with Crippen molar-refractivity contribution in [3.05, 3.63) is 23.6 Å². The zero-order valence-electron chi connectivity index (χ0n) is 6.57. The van der Waals surface area contributed by atoms with E-state index in [1.165, 1.54) is 12.2 Å². The summed E-state index contributed by atoms with van der Waals surface area (Å²) in [5, 5.41) is 18.1. The van der Waals surface area contributed by atoms with E-state index in [-0.39, 0.29) is 18.1 Å². The van der Waals surface area contributed by atoms with E-state index in [0.29, 0.717) is 0 Å². The van der Waals surface area contributed by atoms with E-state index in [1.807, 2.05) is 0 Å². The third-order valence-electron chi connectivity index (χ3n) is 1.99. The van der Waals surface area contributed by atoms with Gasteiger partial charge in [-0.05, 0) is 12.2 Å². The number of hydrogen-bond acceptors (Lipinski definition) is 5. The summed E-state index contributed by atoms with van der Waals surface area (Å²) in [6.07, 6.45) is 2.75. The minimum Gasteiger partial charge on any atom is -0.506 e. The zero-order chi connectivity index (χ0) is 9.35. The highest BCUT2D eigenvalue weighted by Gasteiger charge is 2.34. The number of aliphatic hydroxyl groups excluding tert-OH is 2. The molecule has 8 N–H and O–H groups in total. The van der Waals surface area contributed by atoms with Gasteiger partial charge in [0.05, 0.1) is 23.9 Å². The van der Waals surface area contributed by atoms with Gasteiger partial charge in [-0.3, -0.25) is 0 Å². The molecule has 0 aliphatic heterocycles. The second kappa shape index (κ2) is 2.78. The second-order valence-electron chi connectivity index (χ2n) is 2.91. The van der Waals surface area contributed by atoms with Crippen LogP contribution in [-0.4, -0.2) is 22.5 Å². The fourth-order valence-corrected chi connectivity index (χ4v) is 1.14. The first-order valence-electron chi connectivity index (χ1n) is 3.55. The van der Waals surface area contributed by atoms with Crippen LogP contribution in [0, 0.1) is 5.92 Å². The van der Waals surface area contributed by atoms with Crippen LogP contribution in [0.3, 0.4) is 0 Å². The molecule has 1 unspecified atom stereocenters. The van der Waals surface area contributed by atoms with Crippen molar-refractivity contribution < 1.29 is 10.2 Å². The molecule has 0 saturated heterocycles. The normalized spacial score (nSPS) is 27.8. The van der Waals surface area contributed by atoms with Gasteiger partial charge in [-0.2, -0.15) is 0 Å². The standard InChI is InChI=1S/C7H13N3O2/c8-6-4(3-11)7(9,10)2-1-5(6)12/h1-2,4,11-12H,3,8-10H2. The summed E-state index contributed by atoms with van der Waals surface area (Å²) < 4.78 is 0. The Morgan fingerprint density at radius 3 is 2.50 bits per heavy atom. The average Bonchev–Trinajstić information content (AvgIpc) is 1.99. The lowest BCUT2D eigenvalue weighted by molar-refractivity contribution is 0.193. The topological polar surface area (TPSA) is 119 Å². The molecule has 0 fully saturated rings. The van der Waals surface area contributed by atoms with Crippen molar-refractivity contribution in [3.8, 4) is 0 Å². The minimum atomic E-state index is -1.18. The predicted molar refractivity (Wildman–Crippen MR) is 44.7 cm³/mol. The molecular formula is C7H13N3O2. The Bertz CT molecular complexity index is 245. The molecule has 1 aliphatic carbocycles. The summed E-state index contributed by atoms with van der Waals surface area (Å²) in [7, 11) is 0. The van der Waals surface area contributed by atoms with Crippen LogP contribution in [0.15, 0.2) is 23.6 Å². The Hall–Kier alpha value is -1.04. The van der Waals surface area contributed by atoms with E-state index in [2.05, 4.69) is 0 Å². The Morgan fingerprint density at radius 2 is 2.08 bits per heavy atom. The number of nitrogens with two attached hydrogens (primary N) is 3. The van der Waals surface area contributed by atoms with E-state index in [9.17, 15) is 0 Å². The molecule has 0 heterocycles. The van der Waals surface area contributed by atoms with Crippen LogP contribution in [0.25, 0.3) is 0 Å². The lowest BCUT2D eigenvalue weighted by atomic mass is 9.87. The van der Waals surface area contributed by atoms with Crippen LogP contribution < -0.4 is 17.2 Å². The Labute approximate surface area is 70.2 Å². The first-order valence-corrected chi connectivity index (χ1v) is 3.55. The van der Waals surface area contributed by atoms with Gasteiger partial charge in [0.15, 0.2) is 0 Å². The summed E-state index contributed by atoms with van der Waals surface area (Å²) >= 11 is 0. The van der Waals surface area contributed by atoms with E-state index in [0.717, 1.165) is 0 Å². The first-order chi connectivity index (χ1) is 5.49. The first kappa shape index (κ1) is 9.05. The van der Waals surface area contributed by atoms with Crippen LogP contribution in [0.5, 0.6) is 0 Å². The lowest BCUT2D eigenvalue weighted by Crippen LogP contribution is -2.57. The number of rotatable bonds is 1. The van der Waals surface area contributed by atoms with Crippen molar-refractivity contribution in [1.82, 2.24) is 0 Å². The smallest absolute Gasteiger partial charge is 0.134 e. The fourth-order valence-electron chi connectivity index (χ4n) is 1.14. The monoisotopic (exact) mass is 171 g/mol. The third kappa shape index (κ3) is 1.29. The Morgan fingerprint density at radius 1 is 1.50 bits per heavy atom. The maximum Gasteiger partial charge on any atom is 0.134 e. The number of hydrogen-bond donors (Lipinski definition) is 5. The summed E-state index contributed by atoms with van der Waals surface area (Å²) in [6, 6.07) is 0. The third-order valence-corrected chi connectivity index (χ3v) is 1.99. The molecular weight excluding hydrogens is 158 g/mol. The van der Waals surface area contributed by atoms with E-state index < -0.39 is 11.6 Å². The van der Waals surface area contributed by atoms with Crippen molar-refractivity contribution in [3.63, 3.8) is 0 Å². The fraction of sp³-hybridized carbons (Fsp3) is 0.429. The largest absolute Gasteiger partial charge is 0.506 e. The molecule has 0 aromatic carbocycles. The highest BCUT2D eigenvalue weighted by Crippen LogP contribution is 2.23. The highest BCUT2D eigenvalue weighted by atomic mass is 16.3. The molecule has 12 heavy (non-hydrogen) atoms. The van der Waals surface area contributed by atoms with Crippen LogP contribution >= 0.6 is 0 Å². The van der Waals surface area contributed by atoms with Gasteiger partial charge in [-0.25, -0.2) is 0 Å². The molecule has 0 aromatic rings.